The Balaban J connectivity index is 1.76. The summed E-state index contributed by atoms with van der Waals surface area (Å²) in [6.45, 7) is 4.91. The lowest BCUT2D eigenvalue weighted by Crippen LogP contribution is -2.44. The maximum atomic E-state index is 13.0. The van der Waals surface area contributed by atoms with Gasteiger partial charge in [-0.15, -0.1) is 0 Å². The number of carbonyl (C=O) groups is 2. The molecule has 1 saturated carbocycles. The van der Waals surface area contributed by atoms with Crippen molar-refractivity contribution in [2.45, 2.75) is 57.9 Å². The highest BCUT2D eigenvalue weighted by Crippen LogP contribution is 2.32. The molecule has 1 aromatic carbocycles. The Morgan fingerprint density at radius 2 is 1.94 bits per heavy atom. The van der Waals surface area contributed by atoms with Crippen LogP contribution >= 0.6 is 0 Å². The smallest absolute Gasteiger partial charge is 0.251 e. The minimum absolute atomic E-state index is 0.0119. The van der Waals surface area contributed by atoms with Gasteiger partial charge in [0.1, 0.15) is 12.4 Å². The lowest BCUT2D eigenvalue weighted by molar-refractivity contribution is -0.132. The van der Waals surface area contributed by atoms with Gasteiger partial charge < -0.3 is 19.2 Å². The monoisotopic (exact) mass is 446 g/mol. The molecule has 32 heavy (non-hydrogen) atoms. The van der Waals surface area contributed by atoms with Crippen LogP contribution in [0, 0.1) is 11.8 Å². The second-order valence-corrected chi connectivity index (χ2v) is 8.60. The first-order valence-electron chi connectivity index (χ1n) is 11.4. The molecule has 8 nitrogen and oxygen atoms in total. The minimum atomic E-state index is -0.726. The number of nitrogens with one attached hydrogen (secondary N) is 2. The number of benzene rings is 1. The molecule has 0 bridgehead atoms. The van der Waals surface area contributed by atoms with Crippen LogP contribution in [-0.4, -0.2) is 43.1 Å². The molecule has 1 aromatic heterocycles. The lowest BCUT2D eigenvalue weighted by atomic mass is 9.82. The summed E-state index contributed by atoms with van der Waals surface area (Å²) in [5.41, 5.74) is 3.07. The quantitative estimate of drug-likeness (QED) is 0.210. The maximum absolute atomic E-state index is 13.0. The van der Waals surface area contributed by atoms with E-state index < -0.39 is 17.9 Å². The first kappa shape index (κ1) is 24.2. The van der Waals surface area contributed by atoms with Crippen molar-refractivity contribution < 1.29 is 28.7 Å². The van der Waals surface area contributed by atoms with E-state index in [9.17, 15) is 14.8 Å². The fraction of sp³-hybridized carbons (Fsp3) is 0.583. The molecular formula is C24H34N2O6. The molecule has 0 unspecified atom stereocenters. The van der Waals surface area contributed by atoms with Gasteiger partial charge in [-0.2, -0.15) is 0 Å². The van der Waals surface area contributed by atoms with Crippen LogP contribution in [0.4, 0.5) is 0 Å². The van der Waals surface area contributed by atoms with Crippen LogP contribution in [0.25, 0.3) is 11.0 Å². The molecule has 0 radical (unpaired) electrons. The molecule has 0 aliphatic heterocycles. The number of carbonyl (C=O) groups excluding carboxylic acids is 2. The highest BCUT2D eigenvalue weighted by atomic mass is 16.7. The van der Waals surface area contributed by atoms with Crippen LogP contribution < -0.4 is 10.8 Å². The minimum Gasteiger partial charge on any atom is -0.464 e. The van der Waals surface area contributed by atoms with Crippen molar-refractivity contribution in [3.05, 3.63) is 36.1 Å². The topological polar surface area (TPSA) is 110 Å². The predicted molar refractivity (Wildman–Crippen MR) is 119 cm³/mol. The zero-order chi connectivity index (χ0) is 22.9. The molecule has 1 aliphatic rings. The van der Waals surface area contributed by atoms with E-state index in [1.807, 2.05) is 31.2 Å². The summed E-state index contributed by atoms with van der Waals surface area (Å²) < 4.78 is 16.5. The third kappa shape index (κ3) is 6.31. The van der Waals surface area contributed by atoms with E-state index in [-0.39, 0.29) is 31.6 Å². The molecule has 176 valence electrons. The number of hydroxylamine groups is 1. The molecule has 0 spiro atoms. The van der Waals surface area contributed by atoms with Crippen LogP contribution in [0.5, 0.6) is 0 Å². The number of hydrogen-bond donors (Lipinski definition) is 3. The Morgan fingerprint density at radius 1 is 1.19 bits per heavy atom. The van der Waals surface area contributed by atoms with Crippen LogP contribution in [0.15, 0.2) is 34.9 Å². The Bertz CT molecular complexity index is 874. The molecular weight excluding hydrogens is 412 g/mol. The zero-order valence-corrected chi connectivity index (χ0v) is 18.8. The Labute approximate surface area is 188 Å². The second kappa shape index (κ2) is 12.0. The van der Waals surface area contributed by atoms with Gasteiger partial charge in [0.2, 0.25) is 5.91 Å². The Hall–Kier alpha value is -2.42. The average molecular weight is 447 g/mol. The summed E-state index contributed by atoms with van der Waals surface area (Å²) in [6.07, 6.45) is 5.60. The third-order valence-electron chi connectivity index (χ3n) is 6.26. The van der Waals surface area contributed by atoms with E-state index in [0.29, 0.717) is 23.7 Å². The Kier molecular flexibility index (Phi) is 9.08. The SMILES string of the molecule is CCOCOC[C@H](C[C@H](C(=O)NO)c1coc2ccccc12)NC(=O)C1CCC(C)CC1. The molecule has 2 aromatic rings. The van der Waals surface area contributed by atoms with Crippen LogP contribution in [0.2, 0.25) is 0 Å². The van der Waals surface area contributed by atoms with Gasteiger partial charge in [0, 0.05) is 23.5 Å². The number of furan rings is 1. The van der Waals surface area contributed by atoms with Crippen molar-refractivity contribution in [3.63, 3.8) is 0 Å². The summed E-state index contributed by atoms with van der Waals surface area (Å²) >= 11 is 0. The zero-order valence-electron chi connectivity index (χ0n) is 18.8. The standard InChI is InChI=1S/C24H34N2O6/c1-3-30-15-31-13-18(25-23(27)17-10-8-16(2)9-11-17)12-20(24(28)26-29)21-14-32-22-7-5-4-6-19(21)22/h4-7,14,16-18,20,29H,3,8-13,15H2,1-2H3,(H,25,27)(H,26,28)/t16?,17?,18-,20-/m0/s1. The van der Waals surface area contributed by atoms with Crippen molar-refractivity contribution in [1.29, 1.82) is 0 Å². The van der Waals surface area contributed by atoms with Crippen molar-refractivity contribution in [1.82, 2.24) is 10.8 Å². The molecule has 3 N–H and O–H groups in total. The normalized spacial score (nSPS) is 20.6. The first-order valence-corrected chi connectivity index (χ1v) is 11.4. The molecule has 1 fully saturated rings. The van der Waals surface area contributed by atoms with Crippen molar-refractivity contribution >= 4 is 22.8 Å². The summed E-state index contributed by atoms with van der Waals surface area (Å²) in [5, 5.41) is 13.3. The van der Waals surface area contributed by atoms with Crippen LogP contribution in [0.1, 0.15) is 57.4 Å². The highest BCUT2D eigenvalue weighted by molar-refractivity contribution is 5.90. The van der Waals surface area contributed by atoms with E-state index in [0.717, 1.165) is 31.1 Å². The third-order valence-corrected chi connectivity index (χ3v) is 6.26. The van der Waals surface area contributed by atoms with Gasteiger partial charge >= 0.3 is 0 Å². The number of amides is 2. The van der Waals surface area contributed by atoms with E-state index in [2.05, 4.69) is 12.2 Å². The number of ether oxygens (including phenoxy) is 2. The number of rotatable bonds is 11. The molecule has 2 atom stereocenters. The predicted octanol–water partition coefficient (Wildman–Crippen LogP) is 3.73. The van der Waals surface area contributed by atoms with E-state index in [1.165, 1.54) is 6.26 Å². The molecule has 1 aliphatic carbocycles. The van der Waals surface area contributed by atoms with Crippen molar-refractivity contribution in [2.24, 2.45) is 11.8 Å². The molecule has 8 heteroatoms. The largest absolute Gasteiger partial charge is 0.464 e. The Morgan fingerprint density at radius 3 is 2.66 bits per heavy atom. The van der Waals surface area contributed by atoms with Crippen molar-refractivity contribution in [3.8, 4) is 0 Å². The van der Waals surface area contributed by atoms with E-state index >= 15 is 0 Å². The summed E-state index contributed by atoms with van der Waals surface area (Å²) in [4.78, 5) is 25.6. The van der Waals surface area contributed by atoms with Crippen molar-refractivity contribution in [2.75, 3.05) is 20.0 Å². The highest BCUT2D eigenvalue weighted by Gasteiger charge is 2.31. The number of fused-ring (bicyclic) bond motifs is 1. The van der Waals surface area contributed by atoms with Crippen LogP contribution in [0.3, 0.4) is 0 Å². The first-order chi connectivity index (χ1) is 15.5. The van der Waals surface area contributed by atoms with Gasteiger partial charge in [0.05, 0.1) is 24.8 Å². The maximum Gasteiger partial charge on any atom is 0.251 e. The van der Waals surface area contributed by atoms with Gasteiger partial charge in [-0.3, -0.25) is 14.8 Å². The van der Waals surface area contributed by atoms with Gasteiger partial charge in [0.15, 0.2) is 0 Å². The van der Waals surface area contributed by atoms with Gasteiger partial charge in [-0.1, -0.05) is 25.1 Å². The summed E-state index contributed by atoms with van der Waals surface area (Å²) in [5.74, 6) is -0.679. The fourth-order valence-corrected chi connectivity index (χ4v) is 4.35. The van der Waals surface area contributed by atoms with E-state index in [1.54, 1.807) is 5.48 Å². The van der Waals surface area contributed by atoms with Gasteiger partial charge in [-0.05, 0) is 51.0 Å². The lowest BCUT2D eigenvalue weighted by Gasteiger charge is -2.28. The van der Waals surface area contributed by atoms with E-state index in [4.69, 9.17) is 13.9 Å². The molecule has 2 amide bonds. The molecule has 1 heterocycles. The summed E-state index contributed by atoms with van der Waals surface area (Å²) in [6, 6.07) is 6.98. The molecule has 3 rings (SSSR count). The second-order valence-electron chi connectivity index (χ2n) is 8.60. The van der Waals surface area contributed by atoms with Gasteiger partial charge in [-0.25, -0.2) is 5.48 Å². The molecule has 0 saturated heterocycles. The average Bonchev–Trinajstić information content (AvgIpc) is 3.23. The fourth-order valence-electron chi connectivity index (χ4n) is 4.35. The van der Waals surface area contributed by atoms with Crippen LogP contribution in [-0.2, 0) is 19.1 Å². The summed E-state index contributed by atoms with van der Waals surface area (Å²) in [7, 11) is 0. The van der Waals surface area contributed by atoms with Gasteiger partial charge in [0.25, 0.3) is 5.91 Å². The number of hydrogen-bond acceptors (Lipinski definition) is 6. The number of para-hydroxylation sites is 1.